The first-order valence-electron chi connectivity index (χ1n) is 9.44. The van der Waals surface area contributed by atoms with Gasteiger partial charge in [-0.05, 0) is 50.7 Å². The highest BCUT2D eigenvalue weighted by molar-refractivity contribution is 5.76. The van der Waals surface area contributed by atoms with Gasteiger partial charge in [0.1, 0.15) is 5.60 Å². The standard InChI is InChI=1S/C19H27N5O2/c1-13-16(14(2)23(3)22-13)4-5-17(25)24-9-7-19(8-10-24)18-15(6-11-26-19)12-20-21-18/h12H,4-11H2,1-3H3,(H,20,21). The third kappa shape index (κ3) is 2.84. The van der Waals surface area contributed by atoms with Crippen LogP contribution in [0.1, 0.15) is 47.5 Å². The van der Waals surface area contributed by atoms with Gasteiger partial charge in [-0.25, -0.2) is 0 Å². The monoisotopic (exact) mass is 357 g/mol. The summed E-state index contributed by atoms with van der Waals surface area (Å²) in [5, 5.41) is 11.8. The van der Waals surface area contributed by atoms with Crippen molar-refractivity contribution in [3.8, 4) is 0 Å². The van der Waals surface area contributed by atoms with E-state index >= 15 is 0 Å². The van der Waals surface area contributed by atoms with Crippen LogP contribution in [-0.4, -0.2) is 50.5 Å². The average Bonchev–Trinajstić information content (AvgIpc) is 3.20. The maximum atomic E-state index is 12.7. The van der Waals surface area contributed by atoms with Crippen LogP contribution in [0.15, 0.2) is 6.20 Å². The summed E-state index contributed by atoms with van der Waals surface area (Å²) in [7, 11) is 1.95. The van der Waals surface area contributed by atoms with Crippen LogP contribution in [0.2, 0.25) is 0 Å². The van der Waals surface area contributed by atoms with E-state index in [9.17, 15) is 4.79 Å². The predicted molar refractivity (Wildman–Crippen MR) is 96.7 cm³/mol. The number of ether oxygens (including phenoxy) is 1. The zero-order valence-corrected chi connectivity index (χ0v) is 15.8. The Morgan fingerprint density at radius 3 is 2.81 bits per heavy atom. The summed E-state index contributed by atoms with van der Waals surface area (Å²) < 4.78 is 8.05. The molecule has 1 N–H and O–H groups in total. The number of likely N-dealkylation sites (tertiary alicyclic amines) is 1. The second-order valence-electron chi connectivity index (χ2n) is 7.52. The van der Waals surface area contributed by atoms with Crippen molar-refractivity contribution in [2.75, 3.05) is 19.7 Å². The number of amides is 1. The van der Waals surface area contributed by atoms with Gasteiger partial charge in [-0.3, -0.25) is 14.6 Å². The molecule has 2 aromatic rings. The van der Waals surface area contributed by atoms with E-state index in [1.807, 2.05) is 29.7 Å². The van der Waals surface area contributed by atoms with Crippen molar-refractivity contribution in [3.05, 3.63) is 34.4 Å². The molecule has 1 saturated heterocycles. The van der Waals surface area contributed by atoms with E-state index in [-0.39, 0.29) is 11.5 Å². The van der Waals surface area contributed by atoms with E-state index in [2.05, 4.69) is 22.2 Å². The normalized spacial score (nSPS) is 19.0. The number of piperidine rings is 1. The lowest BCUT2D eigenvalue weighted by atomic mass is 9.83. The van der Waals surface area contributed by atoms with Crippen LogP contribution < -0.4 is 0 Å². The van der Waals surface area contributed by atoms with E-state index in [1.165, 1.54) is 11.1 Å². The quantitative estimate of drug-likeness (QED) is 0.909. The summed E-state index contributed by atoms with van der Waals surface area (Å²) in [4.78, 5) is 14.7. The van der Waals surface area contributed by atoms with Crippen molar-refractivity contribution in [1.82, 2.24) is 24.9 Å². The SMILES string of the molecule is Cc1nn(C)c(C)c1CCC(=O)N1CCC2(CC1)OCCc1cn[nH]c12. The van der Waals surface area contributed by atoms with Gasteiger partial charge >= 0.3 is 0 Å². The highest BCUT2D eigenvalue weighted by atomic mass is 16.5. The Hall–Kier alpha value is -2.15. The van der Waals surface area contributed by atoms with Gasteiger partial charge < -0.3 is 9.64 Å². The van der Waals surface area contributed by atoms with E-state index in [1.54, 1.807) is 0 Å². The minimum atomic E-state index is -0.280. The number of carbonyl (C=O) groups is 1. The smallest absolute Gasteiger partial charge is 0.222 e. The Balaban J connectivity index is 1.37. The molecular formula is C19H27N5O2. The van der Waals surface area contributed by atoms with Gasteiger partial charge in [0.15, 0.2) is 0 Å². The number of rotatable bonds is 3. The molecule has 140 valence electrons. The molecule has 0 saturated carbocycles. The van der Waals surface area contributed by atoms with E-state index in [0.717, 1.165) is 62.5 Å². The molecule has 1 spiro atoms. The number of aromatic nitrogens is 4. The molecule has 2 aliphatic heterocycles. The van der Waals surface area contributed by atoms with Crippen LogP contribution in [0.3, 0.4) is 0 Å². The van der Waals surface area contributed by atoms with Crippen LogP contribution in [0.5, 0.6) is 0 Å². The van der Waals surface area contributed by atoms with Crippen molar-refractivity contribution < 1.29 is 9.53 Å². The van der Waals surface area contributed by atoms with Crippen LogP contribution >= 0.6 is 0 Å². The number of hydrogen-bond donors (Lipinski definition) is 1. The molecule has 0 aliphatic carbocycles. The van der Waals surface area contributed by atoms with Crippen LogP contribution in [-0.2, 0) is 35.0 Å². The molecule has 0 atom stereocenters. The lowest BCUT2D eigenvalue weighted by Crippen LogP contribution is -2.48. The van der Waals surface area contributed by atoms with E-state index in [4.69, 9.17) is 4.74 Å². The summed E-state index contributed by atoms with van der Waals surface area (Å²) >= 11 is 0. The Bertz CT molecular complexity index is 814. The Labute approximate surface area is 153 Å². The molecule has 2 aliphatic rings. The van der Waals surface area contributed by atoms with Gasteiger partial charge in [0.25, 0.3) is 0 Å². The first-order valence-corrected chi connectivity index (χ1v) is 9.44. The number of H-pyrrole nitrogens is 1. The topological polar surface area (TPSA) is 76.0 Å². The molecule has 0 aromatic carbocycles. The van der Waals surface area contributed by atoms with Gasteiger partial charge in [0.2, 0.25) is 5.91 Å². The second kappa shape index (κ2) is 6.54. The van der Waals surface area contributed by atoms with Crippen molar-refractivity contribution in [2.45, 2.75) is 51.6 Å². The maximum Gasteiger partial charge on any atom is 0.222 e. The number of carbonyl (C=O) groups excluding carboxylic acids is 1. The largest absolute Gasteiger partial charge is 0.368 e. The number of hydrogen-bond acceptors (Lipinski definition) is 4. The van der Waals surface area contributed by atoms with Crippen molar-refractivity contribution in [2.24, 2.45) is 7.05 Å². The number of aromatic amines is 1. The summed E-state index contributed by atoms with van der Waals surface area (Å²) in [5.74, 6) is 0.225. The number of nitrogens with one attached hydrogen (secondary N) is 1. The van der Waals surface area contributed by atoms with E-state index in [0.29, 0.717) is 6.42 Å². The maximum absolute atomic E-state index is 12.7. The lowest BCUT2D eigenvalue weighted by Gasteiger charge is -2.43. The Morgan fingerprint density at radius 1 is 1.35 bits per heavy atom. The van der Waals surface area contributed by atoms with Gasteiger partial charge in [-0.15, -0.1) is 0 Å². The van der Waals surface area contributed by atoms with Gasteiger partial charge in [-0.2, -0.15) is 10.2 Å². The summed E-state index contributed by atoms with van der Waals surface area (Å²) in [6.07, 6.45) is 5.79. The average molecular weight is 357 g/mol. The highest BCUT2D eigenvalue weighted by Gasteiger charge is 2.42. The molecule has 4 rings (SSSR count). The molecule has 7 heteroatoms. The fraction of sp³-hybridized carbons (Fsp3) is 0.632. The summed E-state index contributed by atoms with van der Waals surface area (Å²) in [6, 6.07) is 0. The molecule has 1 amide bonds. The molecule has 0 bridgehead atoms. The fourth-order valence-corrected chi connectivity index (χ4v) is 4.40. The molecule has 1 fully saturated rings. The second-order valence-corrected chi connectivity index (χ2v) is 7.52. The molecule has 4 heterocycles. The molecule has 0 unspecified atom stereocenters. The molecule has 2 aromatic heterocycles. The third-order valence-corrected chi connectivity index (χ3v) is 6.09. The number of fused-ring (bicyclic) bond motifs is 2. The zero-order valence-electron chi connectivity index (χ0n) is 15.8. The summed E-state index contributed by atoms with van der Waals surface area (Å²) in [5.41, 5.74) is 5.48. The van der Waals surface area contributed by atoms with Crippen molar-refractivity contribution in [3.63, 3.8) is 0 Å². The van der Waals surface area contributed by atoms with Crippen molar-refractivity contribution >= 4 is 5.91 Å². The van der Waals surface area contributed by atoms with E-state index < -0.39 is 0 Å². The van der Waals surface area contributed by atoms with Crippen LogP contribution in [0.25, 0.3) is 0 Å². The van der Waals surface area contributed by atoms with Crippen LogP contribution in [0.4, 0.5) is 0 Å². The van der Waals surface area contributed by atoms with Gasteiger partial charge in [0, 0.05) is 32.3 Å². The Kier molecular flexibility index (Phi) is 4.34. The van der Waals surface area contributed by atoms with Crippen LogP contribution in [0, 0.1) is 13.8 Å². The Morgan fingerprint density at radius 2 is 2.12 bits per heavy atom. The van der Waals surface area contributed by atoms with Gasteiger partial charge in [-0.1, -0.05) is 0 Å². The molecule has 0 radical (unpaired) electrons. The van der Waals surface area contributed by atoms with Gasteiger partial charge in [0.05, 0.1) is 24.2 Å². The predicted octanol–water partition coefficient (Wildman–Crippen LogP) is 1.78. The first-order chi connectivity index (χ1) is 12.5. The molecule has 7 nitrogen and oxygen atoms in total. The fourth-order valence-electron chi connectivity index (χ4n) is 4.40. The lowest BCUT2D eigenvalue weighted by molar-refractivity contribution is -0.141. The highest BCUT2D eigenvalue weighted by Crippen LogP contribution is 2.40. The third-order valence-electron chi connectivity index (χ3n) is 6.09. The molecule has 26 heavy (non-hydrogen) atoms. The zero-order chi connectivity index (χ0) is 18.3. The number of aryl methyl sites for hydroxylation is 2. The van der Waals surface area contributed by atoms with Crippen molar-refractivity contribution in [1.29, 1.82) is 0 Å². The first kappa shape index (κ1) is 17.3. The number of nitrogens with zero attached hydrogens (tertiary/aromatic N) is 4. The minimum absolute atomic E-state index is 0.225. The molecular weight excluding hydrogens is 330 g/mol. The minimum Gasteiger partial charge on any atom is -0.368 e. The summed E-state index contributed by atoms with van der Waals surface area (Å²) in [6.45, 7) is 6.29.